The molecule has 0 unspecified atom stereocenters. The van der Waals surface area contributed by atoms with Crippen molar-refractivity contribution in [3.05, 3.63) is 41.5 Å². The smallest absolute Gasteiger partial charge is 0.271 e. The molecule has 0 heterocycles. The molecule has 0 radical (unpaired) electrons. The summed E-state index contributed by atoms with van der Waals surface area (Å²) in [6, 6.07) is 6.47. The van der Waals surface area contributed by atoms with Crippen LogP contribution in [0.4, 0.5) is 0 Å². The Balaban J connectivity index is 2.10. The standard InChI is InChI=1S/C15H14N2O6/c1-23-13-4-8(2-3-10(13)18)7-16-17-15(22)9-5-11(19)14(21)12(20)6-9/h2-7,18-21H,1H3,(H,17,22)/b16-7-. The van der Waals surface area contributed by atoms with Gasteiger partial charge in [-0.1, -0.05) is 0 Å². The number of amides is 1. The highest BCUT2D eigenvalue weighted by molar-refractivity contribution is 5.96. The summed E-state index contributed by atoms with van der Waals surface area (Å²) in [5.41, 5.74) is 2.68. The molecule has 0 spiro atoms. The van der Waals surface area contributed by atoms with Gasteiger partial charge in [0.25, 0.3) is 5.91 Å². The molecule has 8 nitrogen and oxygen atoms in total. The molecule has 2 aromatic carbocycles. The summed E-state index contributed by atoms with van der Waals surface area (Å²) in [7, 11) is 1.40. The summed E-state index contributed by atoms with van der Waals surface area (Å²) in [6.07, 6.45) is 1.32. The van der Waals surface area contributed by atoms with Gasteiger partial charge in [0.2, 0.25) is 0 Å². The number of carbonyl (C=O) groups excluding carboxylic acids is 1. The number of phenols is 4. The third kappa shape index (κ3) is 3.62. The molecular formula is C15H14N2O6. The van der Waals surface area contributed by atoms with E-state index >= 15 is 0 Å². The first-order valence-electron chi connectivity index (χ1n) is 6.37. The lowest BCUT2D eigenvalue weighted by atomic mass is 10.2. The van der Waals surface area contributed by atoms with Crippen LogP contribution in [-0.2, 0) is 0 Å². The number of carbonyl (C=O) groups is 1. The Bertz CT molecular complexity index is 750. The van der Waals surface area contributed by atoms with E-state index in [2.05, 4.69) is 10.5 Å². The van der Waals surface area contributed by atoms with Crippen LogP contribution in [0.1, 0.15) is 15.9 Å². The number of benzene rings is 2. The molecule has 0 saturated carbocycles. The van der Waals surface area contributed by atoms with Crippen LogP contribution in [0, 0.1) is 0 Å². The highest BCUT2D eigenvalue weighted by atomic mass is 16.5. The van der Waals surface area contributed by atoms with Gasteiger partial charge in [-0.3, -0.25) is 4.79 Å². The first-order chi connectivity index (χ1) is 10.9. The van der Waals surface area contributed by atoms with Gasteiger partial charge < -0.3 is 25.2 Å². The third-order valence-corrected chi connectivity index (χ3v) is 2.92. The fourth-order valence-electron chi connectivity index (χ4n) is 1.74. The normalized spacial score (nSPS) is 10.7. The van der Waals surface area contributed by atoms with Crippen LogP contribution in [0.5, 0.6) is 28.7 Å². The molecule has 2 rings (SSSR count). The van der Waals surface area contributed by atoms with E-state index in [1.54, 1.807) is 6.07 Å². The Labute approximate surface area is 130 Å². The molecule has 8 heteroatoms. The van der Waals surface area contributed by atoms with Crippen LogP contribution in [0.15, 0.2) is 35.4 Å². The minimum Gasteiger partial charge on any atom is -0.504 e. The number of hydrogen-bond acceptors (Lipinski definition) is 7. The Morgan fingerprint density at radius 2 is 1.74 bits per heavy atom. The molecule has 5 N–H and O–H groups in total. The Morgan fingerprint density at radius 1 is 1.09 bits per heavy atom. The summed E-state index contributed by atoms with van der Waals surface area (Å²) < 4.78 is 4.94. The average molecular weight is 318 g/mol. The van der Waals surface area contributed by atoms with E-state index in [0.29, 0.717) is 5.56 Å². The molecule has 0 aromatic heterocycles. The van der Waals surface area contributed by atoms with Crippen molar-refractivity contribution >= 4 is 12.1 Å². The quantitative estimate of drug-likeness (QED) is 0.328. The summed E-state index contributed by atoms with van der Waals surface area (Å²) in [5.74, 6) is -2.42. The molecule has 0 saturated heterocycles. The molecule has 23 heavy (non-hydrogen) atoms. The van der Waals surface area contributed by atoms with Crippen molar-refractivity contribution in [2.24, 2.45) is 5.10 Å². The third-order valence-electron chi connectivity index (χ3n) is 2.92. The van der Waals surface area contributed by atoms with E-state index in [1.807, 2.05) is 0 Å². The molecule has 0 fully saturated rings. The van der Waals surface area contributed by atoms with Crippen molar-refractivity contribution in [2.45, 2.75) is 0 Å². The van der Waals surface area contributed by atoms with Gasteiger partial charge in [-0.2, -0.15) is 5.10 Å². The first-order valence-corrected chi connectivity index (χ1v) is 6.37. The number of phenolic OH excluding ortho intramolecular Hbond substituents is 4. The predicted octanol–water partition coefficient (Wildman–Crippen LogP) is 1.28. The molecule has 0 bridgehead atoms. The van der Waals surface area contributed by atoms with Crippen LogP contribution in [-0.4, -0.2) is 39.7 Å². The summed E-state index contributed by atoms with van der Waals surface area (Å²) in [4.78, 5) is 11.8. The SMILES string of the molecule is COc1cc(/C=N\NC(=O)c2cc(O)c(O)c(O)c2)ccc1O. The molecule has 0 aliphatic carbocycles. The fourth-order valence-corrected chi connectivity index (χ4v) is 1.74. The van der Waals surface area contributed by atoms with Gasteiger partial charge in [0.1, 0.15) is 0 Å². The van der Waals surface area contributed by atoms with E-state index in [0.717, 1.165) is 12.1 Å². The average Bonchev–Trinajstić information content (AvgIpc) is 2.53. The van der Waals surface area contributed by atoms with Gasteiger partial charge in [-0.15, -0.1) is 0 Å². The molecule has 0 aliphatic heterocycles. The number of hydrogen-bond donors (Lipinski definition) is 5. The largest absolute Gasteiger partial charge is 0.504 e. The zero-order valence-electron chi connectivity index (χ0n) is 12.0. The number of rotatable bonds is 4. The van der Waals surface area contributed by atoms with Crippen molar-refractivity contribution in [1.29, 1.82) is 0 Å². The van der Waals surface area contributed by atoms with Crippen molar-refractivity contribution in [1.82, 2.24) is 5.43 Å². The molecule has 0 aliphatic rings. The minimum absolute atomic E-state index is 0.0243. The zero-order valence-corrected chi connectivity index (χ0v) is 12.0. The molecule has 2 aromatic rings. The highest BCUT2D eigenvalue weighted by Gasteiger charge is 2.12. The maximum atomic E-state index is 11.8. The topological polar surface area (TPSA) is 132 Å². The van der Waals surface area contributed by atoms with Gasteiger partial charge in [0, 0.05) is 5.56 Å². The Kier molecular flexibility index (Phi) is 4.55. The molecular weight excluding hydrogens is 304 g/mol. The number of nitrogens with zero attached hydrogens (tertiary/aromatic N) is 1. The summed E-state index contributed by atoms with van der Waals surface area (Å²) in [5, 5.41) is 41.1. The van der Waals surface area contributed by atoms with Crippen LogP contribution < -0.4 is 10.2 Å². The van der Waals surface area contributed by atoms with E-state index in [9.17, 15) is 25.2 Å². The highest BCUT2D eigenvalue weighted by Crippen LogP contribution is 2.35. The van der Waals surface area contributed by atoms with Crippen molar-refractivity contribution in [3.8, 4) is 28.7 Å². The minimum atomic E-state index is -0.707. The van der Waals surface area contributed by atoms with E-state index in [-0.39, 0.29) is 17.1 Å². The van der Waals surface area contributed by atoms with Crippen molar-refractivity contribution in [3.63, 3.8) is 0 Å². The fraction of sp³-hybridized carbons (Fsp3) is 0.0667. The van der Waals surface area contributed by atoms with Gasteiger partial charge in [-0.05, 0) is 35.9 Å². The second-order valence-electron chi connectivity index (χ2n) is 4.49. The zero-order chi connectivity index (χ0) is 17.0. The van der Waals surface area contributed by atoms with Gasteiger partial charge in [0.15, 0.2) is 28.7 Å². The second-order valence-corrected chi connectivity index (χ2v) is 4.49. The number of methoxy groups -OCH3 is 1. The second kappa shape index (κ2) is 6.56. The summed E-state index contributed by atoms with van der Waals surface area (Å²) >= 11 is 0. The van der Waals surface area contributed by atoms with Crippen LogP contribution in [0.2, 0.25) is 0 Å². The lowest BCUT2D eigenvalue weighted by Gasteiger charge is -2.05. The van der Waals surface area contributed by atoms with Gasteiger partial charge in [0.05, 0.1) is 13.3 Å². The van der Waals surface area contributed by atoms with Crippen LogP contribution in [0.3, 0.4) is 0 Å². The van der Waals surface area contributed by atoms with Gasteiger partial charge in [-0.25, -0.2) is 5.43 Å². The van der Waals surface area contributed by atoms with Crippen LogP contribution >= 0.6 is 0 Å². The lowest BCUT2D eigenvalue weighted by Crippen LogP contribution is -2.17. The first kappa shape index (κ1) is 16.0. The molecule has 1 amide bonds. The lowest BCUT2D eigenvalue weighted by molar-refractivity contribution is 0.0954. The van der Waals surface area contributed by atoms with Crippen molar-refractivity contribution in [2.75, 3.05) is 7.11 Å². The number of ether oxygens (including phenoxy) is 1. The van der Waals surface area contributed by atoms with E-state index in [4.69, 9.17) is 4.74 Å². The number of nitrogens with one attached hydrogen (secondary N) is 1. The monoisotopic (exact) mass is 318 g/mol. The molecule has 120 valence electrons. The maximum absolute atomic E-state index is 11.8. The Morgan fingerprint density at radius 3 is 2.35 bits per heavy atom. The summed E-state index contributed by atoms with van der Waals surface area (Å²) in [6.45, 7) is 0. The van der Waals surface area contributed by atoms with E-state index < -0.39 is 23.2 Å². The van der Waals surface area contributed by atoms with E-state index in [1.165, 1.54) is 25.5 Å². The maximum Gasteiger partial charge on any atom is 0.271 e. The number of hydrazone groups is 1. The van der Waals surface area contributed by atoms with Crippen LogP contribution in [0.25, 0.3) is 0 Å². The predicted molar refractivity (Wildman–Crippen MR) is 81.2 cm³/mol. The molecule has 0 atom stereocenters. The van der Waals surface area contributed by atoms with Crippen molar-refractivity contribution < 1.29 is 30.0 Å². The van der Waals surface area contributed by atoms with Gasteiger partial charge >= 0.3 is 0 Å². The Hall–Kier alpha value is -3.42. The number of aromatic hydroxyl groups is 4.